The van der Waals surface area contributed by atoms with Gasteiger partial charge in [-0.2, -0.15) is 5.21 Å². The maximum absolute atomic E-state index is 14.1. The molecule has 0 fully saturated rings. The average molecular weight is 271 g/mol. The Bertz CT molecular complexity index is 558. The zero-order valence-electron chi connectivity index (χ0n) is 8.70. The molecule has 0 saturated carbocycles. The second-order valence-corrected chi connectivity index (χ2v) is 5.24. The molecule has 1 aromatic carbocycles. The number of nitrogens with one attached hydrogen (secondary N) is 1. The van der Waals surface area contributed by atoms with E-state index in [4.69, 9.17) is 11.6 Å². The van der Waals surface area contributed by atoms with Crippen molar-refractivity contribution in [1.29, 1.82) is 0 Å². The fourth-order valence-corrected chi connectivity index (χ4v) is 3.31. The predicted molar refractivity (Wildman–Crippen MR) is 63.6 cm³/mol. The molecule has 1 N–H and O–H groups in total. The standard InChI is InChI=1S/C10H8ClFN4S/c11-6-4-5-2-1-3-17-9(5)7(8(6)12)10-13-15-16-14-10/h4H,1-3H2,(H,13,14,15,16). The molecular weight excluding hydrogens is 263 g/mol. The van der Waals surface area contributed by atoms with Gasteiger partial charge < -0.3 is 0 Å². The first-order valence-electron chi connectivity index (χ1n) is 5.15. The van der Waals surface area contributed by atoms with Gasteiger partial charge in [0.15, 0.2) is 5.82 Å². The van der Waals surface area contributed by atoms with Crippen LogP contribution in [0.15, 0.2) is 11.0 Å². The van der Waals surface area contributed by atoms with Crippen LogP contribution in [0.2, 0.25) is 5.02 Å². The van der Waals surface area contributed by atoms with Crippen molar-refractivity contribution in [2.75, 3.05) is 5.75 Å². The summed E-state index contributed by atoms with van der Waals surface area (Å²) in [6, 6.07) is 1.70. The van der Waals surface area contributed by atoms with E-state index in [2.05, 4.69) is 20.6 Å². The predicted octanol–water partition coefficient (Wildman–Crippen LogP) is 2.70. The summed E-state index contributed by atoms with van der Waals surface area (Å²) >= 11 is 7.51. The number of aromatic nitrogens is 4. The Morgan fingerprint density at radius 1 is 1.47 bits per heavy atom. The molecule has 4 nitrogen and oxygen atoms in total. The number of halogens is 2. The lowest BCUT2D eigenvalue weighted by Crippen LogP contribution is -2.03. The third-order valence-electron chi connectivity index (χ3n) is 2.65. The van der Waals surface area contributed by atoms with Crippen LogP contribution in [-0.4, -0.2) is 26.4 Å². The first-order chi connectivity index (χ1) is 8.27. The third kappa shape index (κ3) is 1.81. The molecule has 0 atom stereocenters. The van der Waals surface area contributed by atoms with Crippen molar-refractivity contribution >= 4 is 23.4 Å². The van der Waals surface area contributed by atoms with Crippen LogP contribution in [0.5, 0.6) is 0 Å². The lowest BCUT2D eigenvalue weighted by atomic mass is 10.0. The molecule has 0 saturated heterocycles. The lowest BCUT2D eigenvalue weighted by Gasteiger charge is -2.18. The van der Waals surface area contributed by atoms with E-state index < -0.39 is 5.82 Å². The van der Waals surface area contributed by atoms with Crippen molar-refractivity contribution in [3.63, 3.8) is 0 Å². The van der Waals surface area contributed by atoms with Gasteiger partial charge in [0.2, 0.25) is 5.82 Å². The Labute approximate surface area is 106 Å². The largest absolute Gasteiger partial charge is 0.208 e. The van der Waals surface area contributed by atoms with E-state index in [-0.39, 0.29) is 10.8 Å². The summed E-state index contributed by atoms with van der Waals surface area (Å²) in [4.78, 5) is 0.888. The van der Waals surface area contributed by atoms with Gasteiger partial charge in [-0.05, 0) is 35.4 Å². The summed E-state index contributed by atoms with van der Waals surface area (Å²) in [7, 11) is 0. The van der Waals surface area contributed by atoms with E-state index in [9.17, 15) is 4.39 Å². The number of nitrogens with zero attached hydrogens (tertiary/aromatic N) is 3. The van der Waals surface area contributed by atoms with Crippen LogP contribution < -0.4 is 0 Å². The van der Waals surface area contributed by atoms with E-state index in [0.29, 0.717) is 5.56 Å². The topological polar surface area (TPSA) is 54.5 Å². The number of aryl methyl sites for hydroxylation is 1. The Kier molecular flexibility index (Phi) is 2.76. The van der Waals surface area contributed by atoms with Gasteiger partial charge in [0.05, 0.1) is 10.6 Å². The number of thioether (sulfide) groups is 1. The second-order valence-electron chi connectivity index (χ2n) is 3.72. The van der Waals surface area contributed by atoms with Crippen molar-refractivity contribution in [3.8, 4) is 11.4 Å². The maximum atomic E-state index is 14.1. The summed E-state index contributed by atoms with van der Waals surface area (Å²) in [5, 5.41) is 13.6. The fourth-order valence-electron chi connectivity index (χ4n) is 1.92. The first kappa shape index (κ1) is 11.0. The Morgan fingerprint density at radius 2 is 2.35 bits per heavy atom. The zero-order valence-corrected chi connectivity index (χ0v) is 10.3. The van der Waals surface area contributed by atoms with E-state index in [1.165, 1.54) is 0 Å². The molecule has 1 aromatic heterocycles. The molecule has 7 heteroatoms. The molecule has 17 heavy (non-hydrogen) atoms. The summed E-state index contributed by atoms with van der Waals surface area (Å²) in [5.74, 6) is 0.760. The molecule has 0 bridgehead atoms. The average Bonchev–Trinajstić information content (AvgIpc) is 2.84. The van der Waals surface area contributed by atoms with E-state index in [0.717, 1.165) is 29.1 Å². The highest BCUT2D eigenvalue weighted by atomic mass is 35.5. The highest BCUT2D eigenvalue weighted by Crippen LogP contribution is 2.41. The molecular formula is C10H8ClFN4S. The van der Waals surface area contributed by atoms with E-state index in [1.54, 1.807) is 17.8 Å². The minimum Gasteiger partial charge on any atom is -0.204 e. The lowest BCUT2D eigenvalue weighted by molar-refractivity contribution is 0.625. The molecule has 2 aromatic rings. The number of benzene rings is 1. The summed E-state index contributed by atoms with van der Waals surface area (Å²) in [5.41, 5.74) is 1.43. The number of fused-ring (bicyclic) bond motifs is 1. The number of tetrazole rings is 1. The van der Waals surface area contributed by atoms with Crippen LogP contribution in [0, 0.1) is 5.82 Å². The van der Waals surface area contributed by atoms with Gasteiger partial charge in [0, 0.05) is 4.90 Å². The molecule has 0 unspecified atom stereocenters. The number of hydrogen-bond donors (Lipinski definition) is 1. The van der Waals surface area contributed by atoms with Crippen molar-refractivity contribution in [2.24, 2.45) is 0 Å². The molecule has 0 radical (unpaired) electrons. The number of aromatic amines is 1. The molecule has 1 aliphatic rings. The van der Waals surface area contributed by atoms with Gasteiger partial charge in [-0.1, -0.05) is 11.6 Å². The third-order valence-corrected chi connectivity index (χ3v) is 4.18. The molecule has 0 amide bonds. The molecule has 3 rings (SSSR count). The van der Waals surface area contributed by atoms with Gasteiger partial charge in [-0.25, -0.2) is 4.39 Å². The van der Waals surface area contributed by atoms with Crippen molar-refractivity contribution in [1.82, 2.24) is 20.6 Å². The summed E-state index contributed by atoms with van der Waals surface area (Å²) in [6.07, 6.45) is 1.98. The SMILES string of the molecule is Fc1c(Cl)cc2c(c1-c1nn[nH]n1)SCCC2. The van der Waals surface area contributed by atoms with Crippen molar-refractivity contribution in [2.45, 2.75) is 17.7 Å². The van der Waals surface area contributed by atoms with E-state index >= 15 is 0 Å². The van der Waals surface area contributed by atoms with Crippen LogP contribution in [0.3, 0.4) is 0 Å². The van der Waals surface area contributed by atoms with Crippen LogP contribution in [-0.2, 0) is 6.42 Å². The van der Waals surface area contributed by atoms with Gasteiger partial charge in [0.25, 0.3) is 0 Å². The minimum atomic E-state index is -0.471. The van der Waals surface area contributed by atoms with Crippen molar-refractivity contribution < 1.29 is 4.39 Å². The van der Waals surface area contributed by atoms with Crippen molar-refractivity contribution in [3.05, 3.63) is 22.5 Å². The Balaban J connectivity index is 2.28. The zero-order chi connectivity index (χ0) is 11.8. The van der Waals surface area contributed by atoms with Crippen LogP contribution in [0.4, 0.5) is 4.39 Å². The quantitative estimate of drug-likeness (QED) is 0.866. The highest BCUT2D eigenvalue weighted by Gasteiger charge is 2.23. The minimum absolute atomic E-state index is 0.117. The van der Waals surface area contributed by atoms with Gasteiger partial charge >= 0.3 is 0 Å². The molecule has 0 spiro atoms. The fraction of sp³-hybridized carbons (Fsp3) is 0.300. The second kappa shape index (κ2) is 4.27. The molecule has 88 valence electrons. The normalized spacial score (nSPS) is 14.7. The smallest absolute Gasteiger partial charge is 0.204 e. The number of hydrogen-bond acceptors (Lipinski definition) is 4. The van der Waals surface area contributed by atoms with Crippen LogP contribution in [0.1, 0.15) is 12.0 Å². The number of H-pyrrole nitrogens is 1. The molecule has 1 aliphatic heterocycles. The van der Waals surface area contributed by atoms with E-state index in [1.807, 2.05) is 0 Å². The highest BCUT2D eigenvalue weighted by molar-refractivity contribution is 7.99. The van der Waals surface area contributed by atoms with Gasteiger partial charge in [-0.3, -0.25) is 0 Å². The maximum Gasteiger partial charge on any atom is 0.208 e. The Morgan fingerprint density at radius 3 is 3.12 bits per heavy atom. The van der Waals surface area contributed by atoms with Crippen LogP contribution >= 0.6 is 23.4 Å². The van der Waals surface area contributed by atoms with Gasteiger partial charge in [-0.15, -0.1) is 22.0 Å². The number of rotatable bonds is 1. The summed E-state index contributed by atoms with van der Waals surface area (Å²) < 4.78 is 14.1. The van der Waals surface area contributed by atoms with Gasteiger partial charge in [0.1, 0.15) is 0 Å². The first-order valence-corrected chi connectivity index (χ1v) is 6.51. The molecule has 0 aliphatic carbocycles. The monoisotopic (exact) mass is 270 g/mol. The van der Waals surface area contributed by atoms with Crippen LogP contribution in [0.25, 0.3) is 11.4 Å². The Hall–Kier alpha value is -1.14. The molecule has 2 heterocycles. The summed E-state index contributed by atoms with van der Waals surface area (Å²) in [6.45, 7) is 0.